The molecule has 3 N–H and O–H groups in total. The van der Waals surface area contributed by atoms with E-state index in [1.54, 1.807) is 11.4 Å². The molecule has 29 heavy (non-hydrogen) atoms. The summed E-state index contributed by atoms with van der Waals surface area (Å²) in [6.07, 6.45) is 0. The van der Waals surface area contributed by atoms with Crippen LogP contribution in [-0.4, -0.2) is 17.0 Å². The summed E-state index contributed by atoms with van der Waals surface area (Å²) < 4.78 is 14.1. The molecule has 0 atom stereocenters. The zero-order valence-electron chi connectivity index (χ0n) is 15.0. The van der Waals surface area contributed by atoms with E-state index in [2.05, 4.69) is 10.6 Å². The largest absolute Gasteiger partial charge is 0.478 e. The van der Waals surface area contributed by atoms with Crippen LogP contribution < -0.4 is 10.6 Å². The average Bonchev–Trinajstić information content (AvgIpc) is 3.14. The van der Waals surface area contributed by atoms with Gasteiger partial charge in [0.1, 0.15) is 5.82 Å². The van der Waals surface area contributed by atoms with Gasteiger partial charge in [-0.15, -0.1) is 11.3 Å². The second-order valence-corrected chi connectivity index (χ2v) is 7.21. The number of rotatable bonds is 5. The first-order valence-corrected chi connectivity index (χ1v) is 9.57. The number of halogens is 1. The van der Waals surface area contributed by atoms with E-state index in [0.29, 0.717) is 16.9 Å². The van der Waals surface area contributed by atoms with Gasteiger partial charge in [-0.1, -0.05) is 18.2 Å². The number of amides is 1. The fourth-order valence-corrected chi connectivity index (χ4v) is 3.89. The van der Waals surface area contributed by atoms with E-state index in [-0.39, 0.29) is 17.2 Å². The van der Waals surface area contributed by atoms with E-state index in [9.17, 15) is 19.1 Å². The number of carboxylic acids is 1. The number of anilines is 3. The molecule has 4 aromatic rings. The number of fused-ring (bicyclic) bond motifs is 1. The first kappa shape index (κ1) is 18.6. The number of thiophene rings is 1. The molecule has 0 aliphatic heterocycles. The predicted molar refractivity (Wildman–Crippen MR) is 113 cm³/mol. The highest BCUT2D eigenvalue weighted by Crippen LogP contribution is 2.28. The summed E-state index contributed by atoms with van der Waals surface area (Å²) >= 11 is 1.48. The van der Waals surface area contributed by atoms with Gasteiger partial charge in [-0.3, -0.25) is 4.79 Å². The summed E-state index contributed by atoms with van der Waals surface area (Å²) in [5.74, 6) is -1.78. The normalized spacial score (nSPS) is 10.7. The Morgan fingerprint density at radius 1 is 0.897 bits per heavy atom. The van der Waals surface area contributed by atoms with Gasteiger partial charge in [0.15, 0.2) is 0 Å². The Balaban J connectivity index is 1.63. The molecule has 3 aromatic carbocycles. The maximum Gasteiger partial charge on any atom is 0.337 e. The van der Waals surface area contributed by atoms with Crippen molar-refractivity contribution in [3.05, 3.63) is 89.1 Å². The molecule has 1 aromatic heterocycles. The SMILES string of the molecule is O=C(O)c1ccc(NC(=O)c2csc3ccccc23)cc1Nc1ccc(F)cc1. The summed E-state index contributed by atoms with van der Waals surface area (Å²) in [7, 11) is 0. The molecule has 1 amide bonds. The molecule has 5 nitrogen and oxygen atoms in total. The average molecular weight is 406 g/mol. The number of nitrogens with one attached hydrogen (secondary N) is 2. The highest BCUT2D eigenvalue weighted by molar-refractivity contribution is 7.17. The van der Waals surface area contributed by atoms with E-state index >= 15 is 0 Å². The predicted octanol–water partition coefficient (Wildman–Crippen LogP) is 5.73. The Labute approximate surface area is 169 Å². The number of carbonyl (C=O) groups excluding carboxylic acids is 1. The zero-order chi connectivity index (χ0) is 20.4. The topological polar surface area (TPSA) is 78.4 Å². The van der Waals surface area contributed by atoms with Crippen molar-refractivity contribution >= 4 is 50.4 Å². The van der Waals surface area contributed by atoms with Crippen molar-refractivity contribution < 1.29 is 19.1 Å². The van der Waals surface area contributed by atoms with Crippen molar-refractivity contribution in [3.63, 3.8) is 0 Å². The standard InChI is InChI=1S/C22H15FN2O3S/c23-13-5-7-14(8-6-13)24-19-11-15(9-10-17(19)22(27)28)25-21(26)18-12-29-20-4-2-1-3-16(18)20/h1-12,24H,(H,25,26)(H,27,28). The summed E-state index contributed by atoms with van der Waals surface area (Å²) in [5.41, 5.74) is 1.85. The van der Waals surface area contributed by atoms with Crippen LogP contribution in [0, 0.1) is 5.82 Å². The van der Waals surface area contributed by atoms with Gasteiger partial charge >= 0.3 is 5.97 Å². The van der Waals surface area contributed by atoms with Gasteiger partial charge in [-0.25, -0.2) is 9.18 Å². The van der Waals surface area contributed by atoms with E-state index in [0.717, 1.165) is 10.1 Å². The molecule has 0 saturated carbocycles. The molecular weight excluding hydrogens is 391 g/mol. The van der Waals surface area contributed by atoms with Crippen molar-refractivity contribution in [2.45, 2.75) is 0 Å². The highest BCUT2D eigenvalue weighted by Gasteiger charge is 2.15. The maximum absolute atomic E-state index is 13.1. The van der Waals surface area contributed by atoms with Crippen LogP contribution in [0.15, 0.2) is 72.1 Å². The summed E-state index contributed by atoms with van der Waals surface area (Å²) in [6.45, 7) is 0. The van der Waals surface area contributed by atoms with E-state index in [4.69, 9.17) is 0 Å². The van der Waals surface area contributed by atoms with Crippen molar-refractivity contribution in [2.75, 3.05) is 10.6 Å². The molecule has 0 bridgehead atoms. The van der Waals surface area contributed by atoms with Crippen LogP contribution in [0.4, 0.5) is 21.5 Å². The van der Waals surface area contributed by atoms with Gasteiger partial charge in [0.2, 0.25) is 0 Å². The fourth-order valence-electron chi connectivity index (χ4n) is 2.95. The fraction of sp³-hybridized carbons (Fsp3) is 0. The minimum Gasteiger partial charge on any atom is -0.478 e. The smallest absolute Gasteiger partial charge is 0.337 e. The first-order chi connectivity index (χ1) is 14.0. The number of hydrogen-bond acceptors (Lipinski definition) is 4. The lowest BCUT2D eigenvalue weighted by atomic mass is 10.1. The van der Waals surface area contributed by atoms with Gasteiger partial charge < -0.3 is 15.7 Å². The Kier molecular flexibility index (Phi) is 4.97. The lowest BCUT2D eigenvalue weighted by Crippen LogP contribution is -2.12. The molecule has 0 fully saturated rings. The summed E-state index contributed by atoms with van der Waals surface area (Å²) in [6, 6.07) is 17.7. The number of aromatic carboxylic acids is 1. The minimum atomic E-state index is -1.11. The number of carbonyl (C=O) groups is 2. The number of hydrogen-bond donors (Lipinski definition) is 3. The second kappa shape index (κ2) is 7.73. The van der Waals surface area contributed by atoms with Crippen LogP contribution in [0.2, 0.25) is 0 Å². The molecule has 0 unspecified atom stereocenters. The Hall–Kier alpha value is -3.71. The minimum absolute atomic E-state index is 0.0355. The van der Waals surface area contributed by atoms with Crippen molar-refractivity contribution in [1.29, 1.82) is 0 Å². The highest BCUT2D eigenvalue weighted by atomic mass is 32.1. The Bertz CT molecular complexity index is 1220. The lowest BCUT2D eigenvalue weighted by molar-refractivity contribution is 0.0698. The third kappa shape index (κ3) is 3.95. The third-order valence-corrected chi connectivity index (χ3v) is 5.32. The maximum atomic E-state index is 13.1. The monoisotopic (exact) mass is 406 g/mol. The van der Waals surface area contributed by atoms with E-state index in [1.165, 1.54) is 47.7 Å². The van der Waals surface area contributed by atoms with Crippen molar-refractivity contribution in [2.24, 2.45) is 0 Å². The van der Waals surface area contributed by atoms with Crippen LogP contribution in [0.5, 0.6) is 0 Å². The molecule has 0 aliphatic rings. The first-order valence-electron chi connectivity index (χ1n) is 8.69. The van der Waals surface area contributed by atoms with Crippen LogP contribution in [0.25, 0.3) is 10.1 Å². The quantitative estimate of drug-likeness (QED) is 0.395. The van der Waals surface area contributed by atoms with Crippen molar-refractivity contribution in [3.8, 4) is 0 Å². The van der Waals surface area contributed by atoms with Crippen LogP contribution in [0.1, 0.15) is 20.7 Å². The van der Waals surface area contributed by atoms with Gasteiger partial charge in [0.25, 0.3) is 5.91 Å². The summed E-state index contributed by atoms with van der Waals surface area (Å²) in [4.78, 5) is 24.3. The van der Waals surface area contributed by atoms with Gasteiger partial charge in [-0.05, 0) is 48.5 Å². The molecule has 1 heterocycles. The van der Waals surface area contributed by atoms with Gasteiger partial charge in [0.05, 0.1) is 16.8 Å². The van der Waals surface area contributed by atoms with Crippen LogP contribution >= 0.6 is 11.3 Å². The zero-order valence-corrected chi connectivity index (χ0v) is 15.8. The molecule has 7 heteroatoms. The van der Waals surface area contributed by atoms with Gasteiger partial charge in [0, 0.05) is 26.8 Å². The molecule has 4 rings (SSSR count). The van der Waals surface area contributed by atoms with Crippen molar-refractivity contribution in [1.82, 2.24) is 0 Å². The summed E-state index contributed by atoms with van der Waals surface area (Å²) in [5, 5.41) is 17.9. The van der Waals surface area contributed by atoms with E-state index < -0.39 is 11.8 Å². The molecule has 0 spiro atoms. The molecular formula is C22H15FN2O3S. The number of carboxylic acid groups (broad SMARTS) is 1. The van der Waals surface area contributed by atoms with Crippen LogP contribution in [-0.2, 0) is 0 Å². The third-order valence-electron chi connectivity index (χ3n) is 4.36. The van der Waals surface area contributed by atoms with Gasteiger partial charge in [-0.2, -0.15) is 0 Å². The number of benzene rings is 3. The second-order valence-electron chi connectivity index (χ2n) is 6.30. The Morgan fingerprint density at radius 2 is 1.62 bits per heavy atom. The molecule has 0 aliphatic carbocycles. The molecule has 0 saturated heterocycles. The van der Waals surface area contributed by atoms with Crippen LogP contribution in [0.3, 0.4) is 0 Å². The lowest BCUT2D eigenvalue weighted by Gasteiger charge is -2.12. The Morgan fingerprint density at radius 3 is 2.38 bits per heavy atom. The molecule has 144 valence electrons. The van der Waals surface area contributed by atoms with E-state index in [1.807, 2.05) is 24.3 Å². The molecule has 0 radical (unpaired) electrons.